The third kappa shape index (κ3) is 7.99. The molecule has 0 aliphatic heterocycles. The Kier molecular flexibility index (Phi) is 9.77. The predicted octanol–water partition coefficient (Wildman–Crippen LogP) is 0.998. The maximum Gasteiger partial charge on any atom is 0.104 e. The van der Waals surface area contributed by atoms with Crippen LogP contribution >= 0.6 is 0 Å². The van der Waals surface area contributed by atoms with Gasteiger partial charge in [-0.3, -0.25) is 0 Å². The van der Waals surface area contributed by atoms with Gasteiger partial charge in [0, 0.05) is 18.4 Å². The van der Waals surface area contributed by atoms with Crippen molar-refractivity contribution in [1.82, 2.24) is 0 Å². The van der Waals surface area contributed by atoms with Crippen molar-refractivity contribution in [3.05, 3.63) is 29.8 Å². The molecule has 1 rings (SSSR count). The van der Waals surface area contributed by atoms with E-state index in [4.69, 9.17) is 24.7 Å². The van der Waals surface area contributed by atoms with Gasteiger partial charge in [-0.05, 0) is 6.07 Å². The van der Waals surface area contributed by atoms with Crippen LogP contribution in [0.1, 0.15) is 11.7 Å². The summed E-state index contributed by atoms with van der Waals surface area (Å²) in [5, 5.41) is 9.95. The van der Waals surface area contributed by atoms with E-state index in [1.165, 1.54) is 0 Å². The molecule has 3 N–H and O–H groups in total. The monoisotopic (exact) mass is 299 g/mol. The van der Waals surface area contributed by atoms with E-state index in [1.54, 1.807) is 19.2 Å². The number of ether oxygens (including phenoxy) is 4. The maximum absolute atomic E-state index is 9.95. The number of anilines is 1. The van der Waals surface area contributed by atoms with Crippen LogP contribution in [-0.4, -0.2) is 58.5 Å². The number of nitrogen functional groups attached to an aromatic ring is 1. The Morgan fingerprint density at radius 1 is 0.952 bits per heavy atom. The number of hydrogen-bond donors (Lipinski definition) is 2. The standard InChI is InChI=1S/C15H25NO5/c1-18-6-7-19-8-9-20-10-11-21-12-15(17)13-4-2-3-5-14(13)16/h2-5,15,17H,6-12,16H2,1H3. The highest BCUT2D eigenvalue weighted by Gasteiger charge is 2.10. The van der Waals surface area contributed by atoms with Gasteiger partial charge < -0.3 is 29.8 Å². The van der Waals surface area contributed by atoms with Crippen molar-refractivity contribution in [2.75, 3.05) is 59.1 Å². The van der Waals surface area contributed by atoms with E-state index >= 15 is 0 Å². The molecule has 0 heterocycles. The van der Waals surface area contributed by atoms with Crippen LogP contribution in [0, 0.1) is 0 Å². The second-order valence-corrected chi connectivity index (χ2v) is 4.44. The molecule has 0 saturated heterocycles. The average molecular weight is 299 g/mol. The molecule has 1 unspecified atom stereocenters. The van der Waals surface area contributed by atoms with Crippen molar-refractivity contribution in [1.29, 1.82) is 0 Å². The summed E-state index contributed by atoms with van der Waals surface area (Å²) in [7, 11) is 1.63. The van der Waals surface area contributed by atoms with Crippen LogP contribution in [0.5, 0.6) is 0 Å². The Balaban J connectivity index is 1.98. The largest absolute Gasteiger partial charge is 0.398 e. The second kappa shape index (κ2) is 11.5. The first-order valence-corrected chi connectivity index (χ1v) is 7.00. The summed E-state index contributed by atoms with van der Waals surface area (Å²) in [4.78, 5) is 0. The fraction of sp³-hybridized carbons (Fsp3) is 0.600. The van der Waals surface area contributed by atoms with E-state index < -0.39 is 6.10 Å². The SMILES string of the molecule is COCCOCCOCCOCC(O)c1ccccc1N. The first-order chi connectivity index (χ1) is 10.3. The van der Waals surface area contributed by atoms with E-state index in [0.717, 1.165) is 0 Å². The lowest BCUT2D eigenvalue weighted by Crippen LogP contribution is -2.14. The van der Waals surface area contributed by atoms with Gasteiger partial charge in [0.25, 0.3) is 0 Å². The predicted molar refractivity (Wildman–Crippen MR) is 80.1 cm³/mol. The smallest absolute Gasteiger partial charge is 0.104 e. The lowest BCUT2D eigenvalue weighted by Gasteiger charge is -2.13. The number of benzene rings is 1. The first kappa shape index (κ1) is 17.9. The summed E-state index contributed by atoms with van der Waals surface area (Å²) in [6.07, 6.45) is -0.719. The van der Waals surface area contributed by atoms with Crippen molar-refractivity contribution < 1.29 is 24.1 Å². The highest BCUT2D eigenvalue weighted by atomic mass is 16.6. The molecular weight excluding hydrogens is 274 g/mol. The van der Waals surface area contributed by atoms with Gasteiger partial charge in [-0.1, -0.05) is 18.2 Å². The minimum atomic E-state index is -0.719. The molecule has 0 fully saturated rings. The molecule has 1 aromatic carbocycles. The lowest BCUT2D eigenvalue weighted by molar-refractivity contribution is -0.0146. The van der Waals surface area contributed by atoms with Gasteiger partial charge in [0.05, 0.1) is 46.2 Å². The van der Waals surface area contributed by atoms with Gasteiger partial charge >= 0.3 is 0 Å². The van der Waals surface area contributed by atoms with Crippen molar-refractivity contribution in [3.63, 3.8) is 0 Å². The Hall–Kier alpha value is -1.18. The van der Waals surface area contributed by atoms with Crippen molar-refractivity contribution in [2.45, 2.75) is 6.10 Å². The van der Waals surface area contributed by atoms with Crippen molar-refractivity contribution in [3.8, 4) is 0 Å². The quantitative estimate of drug-likeness (QED) is 0.442. The molecule has 0 bridgehead atoms. The lowest BCUT2D eigenvalue weighted by atomic mass is 10.1. The van der Waals surface area contributed by atoms with E-state index in [0.29, 0.717) is 50.9 Å². The van der Waals surface area contributed by atoms with Crippen LogP contribution in [0.25, 0.3) is 0 Å². The molecule has 0 saturated carbocycles. The number of methoxy groups -OCH3 is 1. The third-order valence-electron chi connectivity index (χ3n) is 2.81. The van der Waals surface area contributed by atoms with Crippen LogP contribution in [-0.2, 0) is 18.9 Å². The maximum atomic E-state index is 9.95. The molecular formula is C15H25NO5. The fourth-order valence-electron chi connectivity index (χ4n) is 1.68. The minimum Gasteiger partial charge on any atom is -0.398 e. The molecule has 1 atom stereocenters. The van der Waals surface area contributed by atoms with Gasteiger partial charge in [-0.25, -0.2) is 0 Å². The number of nitrogens with two attached hydrogens (primary N) is 1. The first-order valence-electron chi connectivity index (χ1n) is 7.00. The van der Waals surface area contributed by atoms with Crippen LogP contribution in [0.3, 0.4) is 0 Å². The van der Waals surface area contributed by atoms with Gasteiger partial charge in [0.1, 0.15) is 6.10 Å². The highest BCUT2D eigenvalue weighted by molar-refractivity contribution is 5.47. The van der Waals surface area contributed by atoms with E-state index in [9.17, 15) is 5.11 Å². The summed E-state index contributed by atoms with van der Waals surface area (Å²) >= 11 is 0. The number of hydrogen-bond acceptors (Lipinski definition) is 6. The second-order valence-electron chi connectivity index (χ2n) is 4.44. The Bertz CT molecular complexity index is 375. The fourth-order valence-corrected chi connectivity index (χ4v) is 1.68. The number of aliphatic hydroxyl groups excluding tert-OH is 1. The van der Waals surface area contributed by atoms with Crippen LogP contribution in [0.4, 0.5) is 5.69 Å². The Labute approximate surface area is 125 Å². The summed E-state index contributed by atoms with van der Waals surface area (Å²) < 4.78 is 20.8. The van der Waals surface area contributed by atoms with Crippen molar-refractivity contribution in [2.24, 2.45) is 0 Å². The van der Waals surface area contributed by atoms with E-state index in [-0.39, 0.29) is 6.61 Å². The van der Waals surface area contributed by atoms with Gasteiger partial charge in [0.15, 0.2) is 0 Å². The zero-order valence-electron chi connectivity index (χ0n) is 12.5. The molecule has 0 aromatic heterocycles. The molecule has 0 aliphatic carbocycles. The molecule has 6 heteroatoms. The minimum absolute atomic E-state index is 0.196. The van der Waals surface area contributed by atoms with E-state index in [1.807, 2.05) is 12.1 Å². The summed E-state index contributed by atoms with van der Waals surface area (Å²) in [6.45, 7) is 3.28. The van der Waals surface area contributed by atoms with Crippen LogP contribution in [0.15, 0.2) is 24.3 Å². The zero-order valence-corrected chi connectivity index (χ0v) is 12.5. The molecule has 0 radical (unpaired) electrons. The zero-order chi connectivity index (χ0) is 15.3. The summed E-state index contributed by atoms with van der Waals surface area (Å²) in [5.41, 5.74) is 7.03. The summed E-state index contributed by atoms with van der Waals surface area (Å²) in [6, 6.07) is 7.21. The molecule has 1 aromatic rings. The van der Waals surface area contributed by atoms with Crippen LogP contribution < -0.4 is 5.73 Å². The Morgan fingerprint density at radius 3 is 2.14 bits per heavy atom. The van der Waals surface area contributed by atoms with E-state index in [2.05, 4.69) is 0 Å². The highest BCUT2D eigenvalue weighted by Crippen LogP contribution is 2.19. The van der Waals surface area contributed by atoms with Crippen molar-refractivity contribution >= 4 is 5.69 Å². The summed E-state index contributed by atoms with van der Waals surface area (Å²) in [5.74, 6) is 0. The van der Waals surface area contributed by atoms with Crippen LogP contribution in [0.2, 0.25) is 0 Å². The topological polar surface area (TPSA) is 83.2 Å². The molecule has 0 amide bonds. The third-order valence-corrected chi connectivity index (χ3v) is 2.81. The van der Waals surface area contributed by atoms with Gasteiger partial charge in [-0.15, -0.1) is 0 Å². The molecule has 21 heavy (non-hydrogen) atoms. The normalized spacial score (nSPS) is 12.5. The van der Waals surface area contributed by atoms with Gasteiger partial charge in [0.2, 0.25) is 0 Å². The number of aliphatic hydroxyl groups is 1. The Morgan fingerprint density at radius 2 is 1.52 bits per heavy atom. The number of para-hydroxylation sites is 1. The van der Waals surface area contributed by atoms with Gasteiger partial charge in [-0.2, -0.15) is 0 Å². The molecule has 120 valence electrons. The molecule has 0 aliphatic rings. The molecule has 0 spiro atoms. The average Bonchev–Trinajstić information content (AvgIpc) is 2.49. The molecule has 6 nitrogen and oxygen atoms in total. The number of rotatable bonds is 12.